The lowest BCUT2D eigenvalue weighted by molar-refractivity contribution is -0.134. The number of methoxy groups -OCH3 is 3. The van der Waals surface area contributed by atoms with Crippen LogP contribution in [-0.2, 0) is 9.59 Å². The van der Waals surface area contributed by atoms with Crippen molar-refractivity contribution in [3.05, 3.63) is 23.3 Å². The molecular formula is C16H18N2O6. The molecule has 8 nitrogen and oxygen atoms in total. The molecular weight excluding hydrogens is 316 g/mol. The molecule has 0 saturated carbocycles. The Kier molecular flexibility index (Phi) is 4.77. The summed E-state index contributed by atoms with van der Waals surface area (Å²) >= 11 is 0. The van der Waals surface area contributed by atoms with Gasteiger partial charge in [-0.3, -0.25) is 19.4 Å². The minimum absolute atomic E-state index is 0.131. The summed E-state index contributed by atoms with van der Waals surface area (Å²) in [6.45, 7) is 0. The first-order valence-electron chi connectivity index (χ1n) is 6.97. The highest BCUT2D eigenvalue weighted by molar-refractivity contribution is 6.30. The number of hydrogen-bond acceptors (Lipinski definition) is 6. The maximum absolute atomic E-state index is 12.2. The summed E-state index contributed by atoms with van der Waals surface area (Å²) < 4.78 is 15.7. The number of amides is 4. The molecule has 0 N–H and O–H groups in total. The fourth-order valence-electron chi connectivity index (χ4n) is 2.33. The van der Waals surface area contributed by atoms with Crippen LogP contribution in [0.3, 0.4) is 0 Å². The van der Waals surface area contributed by atoms with E-state index in [1.54, 1.807) is 12.1 Å². The summed E-state index contributed by atoms with van der Waals surface area (Å²) in [5, 5.41) is 0. The summed E-state index contributed by atoms with van der Waals surface area (Å²) in [5.41, 5.74) is 0.367. The third kappa shape index (κ3) is 2.78. The first-order chi connectivity index (χ1) is 11.3. The zero-order valence-corrected chi connectivity index (χ0v) is 14.1. The highest BCUT2D eigenvalue weighted by Crippen LogP contribution is 2.38. The number of benzene rings is 1. The van der Waals surface area contributed by atoms with Gasteiger partial charge in [0.05, 0.1) is 21.3 Å². The van der Waals surface area contributed by atoms with Gasteiger partial charge in [0.15, 0.2) is 11.5 Å². The van der Waals surface area contributed by atoms with Crippen LogP contribution in [0, 0.1) is 0 Å². The molecule has 0 spiro atoms. The first kappa shape index (κ1) is 17.3. The van der Waals surface area contributed by atoms with Gasteiger partial charge in [-0.25, -0.2) is 4.79 Å². The Morgan fingerprint density at radius 3 is 1.67 bits per heavy atom. The zero-order chi connectivity index (χ0) is 18.0. The predicted octanol–water partition coefficient (Wildman–Crippen LogP) is 1.15. The van der Waals surface area contributed by atoms with Crippen LogP contribution in [0.4, 0.5) is 4.79 Å². The molecule has 1 heterocycles. The highest BCUT2D eigenvalue weighted by Gasteiger charge is 2.37. The molecule has 0 aliphatic carbocycles. The number of likely N-dealkylation sites (N-methyl/N-ethyl adjacent to an activating group) is 2. The number of ether oxygens (including phenoxy) is 3. The molecule has 0 unspecified atom stereocenters. The number of carbonyl (C=O) groups is 3. The van der Waals surface area contributed by atoms with Crippen molar-refractivity contribution < 1.29 is 28.6 Å². The van der Waals surface area contributed by atoms with Gasteiger partial charge in [0.1, 0.15) is 5.57 Å². The summed E-state index contributed by atoms with van der Waals surface area (Å²) in [6.07, 6.45) is 1.38. The second-order valence-corrected chi connectivity index (χ2v) is 5.03. The van der Waals surface area contributed by atoms with E-state index in [2.05, 4.69) is 0 Å². The van der Waals surface area contributed by atoms with E-state index in [1.165, 1.54) is 41.5 Å². The molecule has 1 aromatic carbocycles. The van der Waals surface area contributed by atoms with E-state index in [1.807, 2.05) is 0 Å². The summed E-state index contributed by atoms with van der Waals surface area (Å²) in [7, 11) is 7.03. The van der Waals surface area contributed by atoms with E-state index in [0.717, 1.165) is 9.80 Å². The van der Waals surface area contributed by atoms with Crippen LogP contribution in [0.1, 0.15) is 5.56 Å². The number of urea groups is 1. The number of nitrogens with zero attached hydrogens (tertiary/aromatic N) is 2. The molecule has 1 aliphatic rings. The average Bonchev–Trinajstić information content (AvgIpc) is 2.60. The van der Waals surface area contributed by atoms with Crippen LogP contribution >= 0.6 is 0 Å². The number of rotatable bonds is 4. The van der Waals surface area contributed by atoms with E-state index < -0.39 is 17.8 Å². The molecule has 0 radical (unpaired) electrons. The Hall–Kier alpha value is -3.03. The monoisotopic (exact) mass is 334 g/mol. The average molecular weight is 334 g/mol. The molecule has 1 aliphatic heterocycles. The normalized spacial score (nSPS) is 14.9. The second-order valence-electron chi connectivity index (χ2n) is 5.03. The molecule has 2 rings (SSSR count). The fourth-order valence-corrected chi connectivity index (χ4v) is 2.33. The third-order valence-electron chi connectivity index (χ3n) is 3.64. The van der Waals surface area contributed by atoms with E-state index >= 15 is 0 Å². The Labute approximate surface area is 139 Å². The van der Waals surface area contributed by atoms with Crippen molar-refractivity contribution in [3.8, 4) is 17.2 Å². The zero-order valence-electron chi connectivity index (χ0n) is 14.1. The quantitative estimate of drug-likeness (QED) is 0.606. The molecule has 0 bridgehead atoms. The van der Waals surface area contributed by atoms with Gasteiger partial charge in [-0.05, 0) is 23.8 Å². The standard InChI is InChI=1S/C16H18N2O6/c1-17-14(19)10(15(20)18(2)16(17)21)6-9-7-11(22-3)13(24-5)12(8-9)23-4/h6-8H,1-5H3. The SMILES string of the molecule is COc1cc(C=C2C(=O)N(C)C(=O)N(C)C2=O)cc(OC)c1OC. The van der Waals surface area contributed by atoms with Gasteiger partial charge in [-0.2, -0.15) is 0 Å². The van der Waals surface area contributed by atoms with E-state index in [9.17, 15) is 14.4 Å². The predicted molar refractivity (Wildman–Crippen MR) is 85.0 cm³/mol. The molecule has 24 heavy (non-hydrogen) atoms. The number of hydrogen-bond donors (Lipinski definition) is 0. The fraction of sp³-hybridized carbons (Fsp3) is 0.312. The van der Waals surface area contributed by atoms with Crippen LogP contribution in [0.2, 0.25) is 0 Å². The van der Waals surface area contributed by atoms with E-state index in [-0.39, 0.29) is 5.57 Å². The molecule has 1 fully saturated rings. The lowest BCUT2D eigenvalue weighted by Crippen LogP contribution is -2.52. The molecule has 1 saturated heterocycles. The van der Waals surface area contributed by atoms with E-state index in [0.29, 0.717) is 22.8 Å². The number of carbonyl (C=O) groups excluding carboxylic acids is 3. The van der Waals surface area contributed by atoms with Crippen molar-refractivity contribution in [1.82, 2.24) is 9.80 Å². The maximum Gasteiger partial charge on any atom is 0.333 e. The lowest BCUT2D eigenvalue weighted by atomic mass is 10.1. The minimum Gasteiger partial charge on any atom is -0.493 e. The van der Waals surface area contributed by atoms with Crippen LogP contribution in [0.5, 0.6) is 17.2 Å². The van der Waals surface area contributed by atoms with E-state index in [4.69, 9.17) is 14.2 Å². The molecule has 128 valence electrons. The Bertz CT molecular complexity index is 689. The Morgan fingerprint density at radius 1 is 0.833 bits per heavy atom. The summed E-state index contributed by atoms with van der Waals surface area (Å²) in [5.74, 6) is -0.170. The molecule has 0 atom stereocenters. The van der Waals surface area contributed by atoms with Gasteiger partial charge in [-0.1, -0.05) is 0 Å². The van der Waals surface area contributed by atoms with Gasteiger partial charge >= 0.3 is 6.03 Å². The van der Waals surface area contributed by atoms with Gasteiger partial charge < -0.3 is 14.2 Å². The maximum atomic E-state index is 12.2. The van der Waals surface area contributed by atoms with Crippen molar-refractivity contribution in [2.75, 3.05) is 35.4 Å². The summed E-state index contributed by atoms with van der Waals surface area (Å²) in [4.78, 5) is 38.0. The molecule has 8 heteroatoms. The van der Waals surface area contributed by atoms with Gasteiger partial charge in [-0.15, -0.1) is 0 Å². The van der Waals surface area contributed by atoms with Crippen molar-refractivity contribution in [3.63, 3.8) is 0 Å². The Balaban J connectivity index is 2.56. The molecule has 1 aromatic rings. The highest BCUT2D eigenvalue weighted by atomic mass is 16.5. The van der Waals surface area contributed by atoms with Crippen LogP contribution in [0.15, 0.2) is 17.7 Å². The number of imide groups is 2. The minimum atomic E-state index is -0.674. The van der Waals surface area contributed by atoms with Crippen molar-refractivity contribution >= 4 is 23.9 Å². The van der Waals surface area contributed by atoms with Crippen molar-refractivity contribution in [2.45, 2.75) is 0 Å². The summed E-state index contributed by atoms with van der Waals surface area (Å²) in [6, 6.07) is 2.53. The first-order valence-corrected chi connectivity index (χ1v) is 6.97. The number of barbiturate groups is 1. The topological polar surface area (TPSA) is 85.4 Å². The Morgan fingerprint density at radius 2 is 1.29 bits per heavy atom. The van der Waals surface area contributed by atoms with Gasteiger partial charge in [0.25, 0.3) is 11.8 Å². The van der Waals surface area contributed by atoms with Crippen molar-refractivity contribution in [2.24, 2.45) is 0 Å². The third-order valence-corrected chi connectivity index (χ3v) is 3.64. The van der Waals surface area contributed by atoms with Crippen LogP contribution in [-0.4, -0.2) is 63.1 Å². The molecule has 4 amide bonds. The lowest BCUT2D eigenvalue weighted by Gasteiger charge is -2.28. The van der Waals surface area contributed by atoms with Gasteiger partial charge in [0, 0.05) is 14.1 Å². The molecule has 0 aromatic heterocycles. The van der Waals surface area contributed by atoms with Crippen LogP contribution < -0.4 is 14.2 Å². The second kappa shape index (κ2) is 6.61. The van der Waals surface area contributed by atoms with Crippen LogP contribution in [0.25, 0.3) is 6.08 Å². The van der Waals surface area contributed by atoms with Crippen molar-refractivity contribution in [1.29, 1.82) is 0 Å². The van der Waals surface area contributed by atoms with Gasteiger partial charge in [0.2, 0.25) is 5.75 Å². The smallest absolute Gasteiger partial charge is 0.333 e. The largest absolute Gasteiger partial charge is 0.493 e.